The molecule has 0 saturated carbocycles. The molecule has 2 aromatic carbocycles. The summed E-state index contributed by atoms with van der Waals surface area (Å²) in [6.45, 7) is 0.350. The Morgan fingerprint density at radius 1 is 1.07 bits per heavy atom. The molecule has 1 atom stereocenters. The first kappa shape index (κ1) is 20.7. The highest BCUT2D eigenvalue weighted by Crippen LogP contribution is 2.29. The average molecular weight is 418 g/mol. The van der Waals surface area contributed by atoms with E-state index in [4.69, 9.17) is 9.47 Å². The van der Waals surface area contributed by atoms with Crippen LogP contribution in [0.3, 0.4) is 0 Å². The third-order valence-electron chi connectivity index (χ3n) is 4.57. The highest BCUT2D eigenvalue weighted by molar-refractivity contribution is 7.91. The fourth-order valence-electron chi connectivity index (χ4n) is 2.96. The van der Waals surface area contributed by atoms with E-state index in [9.17, 15) is 18.0 Å². The normalized spacial score (nSPS) is 17.3. The molecule has 8 nitrogen and oxygen atoms in total. The Kier molecular flexibility index (Phi) is 6.38. The van der Waals surface area contributed by atoms with E-state index in [2.05, 4.69) is 10.9 Å². The van der Waals surface area contributed by atoms with Gasteiger partial charge in [-0.2, -0.15) is 0 Å². The van der Waals surface area contributed by atoms with Gasteiger partial charge in [0.25, 0.3) is 5.91 Å². The van der Waals surface area contributed by atoms with E-state index in [0.717, 1.165) is 5.56 Å². The monoisotopic (exact) mass is 418 g/mol. The van der Waals surface area contributed by atoms with Crippen LogP contribution >= 0.6 is 0 Å². The molecule has 29 heavy (non-hydrogen) atoms. The lowest BCUT2D eigenvalue weighted by Crippen LogP contribution is -2.44. The second kappa shape index (κ2) is 8.95. The number of methoxy groups -OCH3 is 1. The van der Waals surface area contributed by atoms with Crippen molar-refractivity contribution in [3.8, 4) is 11.5 Å². The van der Waals surface area contributed by atoms with E-state index in [-0.39, 0.29) is 23.5 Å². The molecule has 0 bridgehead atoms. The van der Waals surface area contributed by atoms with Gasteiger partial charge in [-0.05, 0) is 30.2 Å². The highest BCUT2D eigenvalue weighted by Gasteiger charge is 2.33. The number of nitrogens with one attached hydrogen (secondary N) is 2. The van der Waals surface area contributed by atoms with Gasteiger partial charge in [-0.1, -0.05) is 30.3 Å². The average Bonchev–Trinajstić information content (AvgIpc) is 3.10. The van der Waals surface area contributed by atoms with Crippen molar-refractivity contribution in [3.05, 3.63) is 59.7 Å². The lowest BCUT2D eigenvalue weighted by Gasteiger charge is -2.13. The SMILES string of the molecule is COc1cc(C(=O)NNC(=O)[C@H]2CCS(=O)(=O)C2)ccc1OCc1ccccc1. The number of rotatable bonds is 6. The van der Waals surface area contributed by atoms with Crippen LogP contribution < -0.4 is 20.3 Å². The zero-order valence-electron chi connectivity index (χ0n) is 15.9. The fraction of sp³-hybridized carbons (Fsp3) is 0.300. The lowest BCUT2D eigenvalue weighted by atomic mass is 10.1. The molecule has 1 aliphatic rings. The van der Waals surface area contributed by atoms with Crippen molar-refractivity contribution in [2.75, 3.05) is 18.6 Å². The Morgan fingerprint density at radius 3 is 2.48 bits per heavy atom. The van der Waals surface area contributed by atoms with Crippen molar-refractivity contribution >= 4 is 21.7 Å². The maximum absolute atomic E-state index is 12.3. The van der Waals surface area contributed by atoms with Crippen LogP contribution in [0, 0.1) is 5.92 Å². The van der Waals surface area contributed by atoms with Crippen LogP contribution in [0.2, 0.25) is 0 Å². The fourth-order valence-corrected chi connectivity index (χ4v) is 4.70. The summed E-state index contributed by atoms with van der Waals surface area (Å²) in [5.41, 5.74) is 5.84. The summed E-state index contributed by atoms with van der Waals surface area (Å²) < 4.78 is 34.0. The van der Waals surface area contributed by atoms with Crippen molar-refractivity contribution < 1.29 is 27.5 Å². The Balaban J connectivity index is 1.58. The molecule has 0 aliphatic carbocycles. The first-order valence-electron chi connectivity index (χ1n) is 9.03. The van der Waals surface area contributed by atoms with Gasteiger partial charge in [-0.15, -0.1) is 0 Å². The molecular formula is C20H22N2O6S. The molecule has 0 aromatic heterocycles. The van der Waals surface area contributed by atoms with Gasteiger partial charge in [0.15, 0.2) is 21.3 Å². The third kappa shape index (κ3) is 5.47. The molecular weight excluding hydrogens is 396 g/mol. The van der Waals surface area contributed by atoms with Gasteiger partial charge in [-0.25, -0.2) is 8.42 Å². The van der Waals surface area contributed by atoms with Crippen LogP contribution in [0.15, 0.2) is 48.5 Å². The van der Waals surface area contributed by atoms with Crippen LogP contribution in [0.25, 0.3) is 0 Å². The number of hydrogen-bond acceptors (Lipinski definition) is 6. The van der Waals surface area contributed by atoms with Gasteiger partial charge in [0, 0.05) is 5.56 Å². The topological polar surface area (TPSA) is 111 Å². The number of carbonyl (C=O) groups excluding carboxylic acids is 2. The Morgan fingerprint density at radius 2 is 1.83 bits per heavy atom. The minimum atomic E-state index is -3.17. The number of amides is 2. The predicted octanol–water partition coefficient (Wildman–Crippen LogP) is 1.47. The van der Waals surface area contributed by atoms with Crippen molar-refractivity contribution in [2.45, 2.75) is 13.0 Å². The Hall–Kier alpha value is -3.07. The van der Waals surface area contributed by atoms with Crippen molar-refractivity contribution in [1.82, 2.24) is 10.9 Å². The van der Waals surface area contributed by atoms with Crippen LogP contribution in [0.4, 0.5) is 0 Å². The number of hydrazine groups is 1. The van der Waals surface area contributed by atoms with Crippen molar-refractivity contribution in [3.63, 3.8) is 0 Å². The van der Waals surface area contributed by atoms with Crippen molar-refractivity contribution in [1.29, 1.82) is 0 Å². The van der Waals surface area contributed by atoms with Gasteiger partial charge in [0.1, 0.15) is 6.61 Å². The first-order valence-corrected chi connectivity index (χ1v) is 10.9. The molecule has 0 radical (unpaired) electrons. The number of hydrogen-bond donors (Lipinski definition) is 2. The van der Waals surface area contributed by atoms with Gasteiger partial charge in [0.05, 0.1) is 24.5 Å². The second-order valence-electron chi connectivity index (χ2n) is 6.68. The summed E-state index contributed by atoms with van der Waals surface area (Å²) in [5, 5.41) is 0. The van der Waals surface area contributed by atoms with E-state index in [0.29, 0.717) is 18.1 Å². The maximum Gasteiger partial charge on any atom is 0.269 e. The molecule has 1 fully saturated rings. The van der Waals surface area contributed by atoms with E-state index in [1.807, 2.05) is 30.3 Å². The smallest absolute Gasteiger partial charge is 0.269 e. The van der Waals surface area contributed by atoms with E-state index >= 15 is 0 Å². The van der Waals surface area contributed by atoms with Crippen LogP contribution in [-0.4, -0.2) is 38.8 Å². The largest absolute Gasteiger partial charge is 0.493 e. The van der Waals surface area contributed by atoms with Gasteiger partial charge < -0.3 is 9.47 Å². The van der Waals surface area contributed by atoms with E-state index in [1.54, 1.807) is 12.1 Å². The minimum absolute atomic E-state index is 0.0132. The molecule has 0 unspecified atom stereocenters. The summed E-state index contributed by atoms with van der Waals surface area (Å²) >= 11 is 0. The minimum Gasteiger partial charge on any atom is -0.493 e. The maximum atomic E-state index is 12.3. The van der Waals surface area contributed by atoms with E-state index < -0.39 is 27.6 Å². The quantitative estimate of drug-likeness (QED) is 0.688. The standard InChI is InChI=1S/C20H22N2O6S/c1-27-18-11-15(7-8-17(18)28-12-14-5-3-2-4-6-14)19(23)21-22-20(24)16-9-10-29(25,26)13-16/h2-8,11,16H,9-10,12-13H2,1H3,(H,21,23)(H,22,24)/t16-/m0/s1. The zero-order chi connectivity index (χ0) is 20.9. The lowest BCUT2D eigenvalue weighted by molar-refractivity contribution is -0.125. The van der Waals surface area contributed by atoms with Crippen molar-refractivity contribution in [2.24, 2.45) is 5.92 Å². The number of benzene rings is 2. The summed E-state index contributed by atoms with van der Waals surface area (Å²) in [5.74, 6) is -1.07. The number of carbonyl (C=O) groups is 2. The van der Waals surface area contributed by atoms with Gasteiger partial charge >= 0.3 is 0 Å². The summed E-state index contributed by atoms with van der Waals surface area (Å²) in [4.78, 5) is 24.3. The molecule has 1 saturated heterocycles. The summed E-state index contributed by atoms with van der Waals surface area (Å²) in [7, 11) is -1.71. The molecule has 3 rings (SSSR count). The Labute approximate surface area is 169 Å². The molecule has 1 aliphatic heterocycles. The van der Waals surface area contributed by atoms with Crippen LogP contribution in [0.1, 0.15) is 22.3 Å². The first-order chi connectivity index (χ1) is 13.9. The summed E-state index contributed by atoms with van der Waals surface area (Å²) in [6, 6.07) is 14.3. The molecule has 2 aromatic rings. The second-order valence-corrected chi connectivity index (χ2v) is 8.91. The zero-order valence-corrected chi connectivity index (χ0v) is 16.7. The van der Waals surface area contributed by atoms with Crippen LogP contribution in [-0.2, 0) is 21.2 Å². The summed E-state index contributed by atoms with van der Waals surface area (Å²) in [6.07, 6.45) is 0.255. The predicted molar refractivity (Wildman–Crippen MR) is 106 cm³/mol. The third-order valence-corrected chi connectivity index (χ3v) is 6.33. The molecule has 1 heterocycles. The molecule has 0 spiro atoms. The molecule has 154 valence electrons. The number of ether oxygens (including phenoxy) is 2. The highest BCUT2D eigenvalue weighted by atomic mass is 32.2. The molecule has 9 heteroatoms. The van der Waals surface area contributed by atoms with Crippen LogP contribution in [0.5, 0.6) is 11.5 Å². The molecule has 2 amide bonds. The Bertz CT molecular complexity index is 991. The van der Waals surface area contributed by atoms with Gasteiger partial charge in [0.2, 0.25) is 5.91 Å². The molecule has 2 N–H and O–H groups in total. The van der Waals surface area contributed by atoms with E-state index in [1.165, 1.54) is 13.2 Å². The number of sulfone groups is 1. The van der Waals surface area contributed by atoms with Gasteiger partial charge in [-0.3, -0.25) is 20.4 Å².